The Morgan fingerprint density at radius 1 is 1.29 bits per heavy atom. The second-order valence-electron chi connectivity index (χ2n) is 4.22. The Bertz CT molecular complexity index is 281. The molecule has 2 nitrogen and oxygen atoms in total. The molecule has 3 rings (SSSR count). The van der Waals surface area contributed by atoms with Crippen molar-refractivity contribution in [3.8, 4) is 0 Å². The van der Waals surface area contributed by atoms with E-state index in [4.69, 9.17) is 4.74 Å². The molecule has 0 amide bonds. The van der Waals surface area contributed by atoms with Crippen molar-refractivity contribution < 1.29 is 4.74 Å². The van der Waals surface area contributed by atoms with E-state index < -0.39 is 0 Å². The van der Waals surface area contributed by atoms with E-state index in [1.165, 1.54) is 0 Å². The van der Waals surface area contributed by atoms with Gasteiger partial charge in [-0.3, -0.25) is 0 Å². The molecule has 3 heteroatoms. The number of nitrogens with one attached hydrogen (secondary N) is 1. The van der Waals surface area contributed by atoms with Crippen LogP contribution >= 0.6 is 11.8 Å². The molecule has 0 radical (unpaired) electrons. The number of fused-ring (bicyclic) bond motifs is 2. The van der Waals surface area contributed by atoms with E-state index in [1.807, 2.05) is 18.0 Å². The van der Waals surface area contributed by atoms with Gasteiger partial charge < -0.3 is 10.1 Å². The Labute approximate surface area is 88.8 Å². The quantitative estimate of drug-likeness (QED) is 0.658. The molecular formula is C11H15NOS. The first-order chi connectivity index (χ1) is 6.91. The fourth-order valence-corrected chi connectivity index (χ4v) is 3.79. The molecule has 0 aromatic heterocycles. The minimum Gasteiger partial charge on any atom is -0.494 e. The fourth-order valence-electron chi connectivity index (χ4n) is 2.69. The van der Waals surface area contributed by atoms with Crippen LogP contribution in [0.25, 0.3) is 0 Å². The maximum absolute atomic E-state index is 5.94. The lowest BCUT2D eigenvalue weighted by molar-refractivity contribution is -0.0465. The van der Waals surface area contributed by atoms with Crippen LogP contribution in [0.1, 0.15) is 12.8 Å². The fraction of sp³-hybridized carbons (Fsp3) is 0.636. The first-order valence-electron chi connectivity index (χ1n) is 5.28. The summed E-state index contributed by atoms with van der Waals surface area (Å²) >= 11 is 1.93. The van der Waals surface area contributed by atoms with Crippen LogP contribution in [0.15, 0.2) is 23.8 Å². The highest BCUT2D eigenvalue weighted by atomic mass is 32.2. The third-order valence-corrected chi connectivity index (χ3v) is 4.58. The molecule has 1 saturated heterocycles. The topological polar surface area (TPSA) is 21.3 Å². The van der Waals surface area contributed by atoms with Gasteiger partial charge >= 0.3 is 0 Å². The molecule has 14 heavy (non-hydrogen) atoms. The summed E-state index contributed by atoms with van der Waals surface area (Å²) in [5.74, 6) is 0.597. The highest BCUT2D eigenvalue weighted by molar-refractivity contribution is 8.03. The number of ether oxygens (including phenoxy) is 1. The van der Waals surface area contributed by atoms with Crippen molar-refractivity contribution in [3.05, 3.63) is 23.8 Å². The molecule has 0 aromatic rings. The van der Waals surface area contributed by atoms with E-state index in [-0.39, 0.29) is 5.60 Å². The molecular weight excluding hydrogens is 194 g/mol. The van der Waals surface area contributed by atoms with E-state index in [2.05, 4.69) is 22.9 Å². The summed E-state index contributed by atoms with van der Waals surface area (Å²) in [7, 11) is 0. The van der Waals surface area contributed by atoms with Gasteiger partial charge in [-0.15, -0.1) is 11.8 Å². The zero-order valence-corrected chi connectivity index (χ0v) is 8.93. The van der Waals surface area contributed by atoms with E-state index in [0.29, 0.717) is 11.2 Å². The van der Waals surface area contributed by atoms with Gasteiger partial charge in [-0.2, -0.15) is 0 Å². The predicted molar refractivity (Wildman–Crippen MR) is 59.1 cm³/mol. The van der Waals surface area contributed by atoms with Crippen LogP contribution in [0.2, 0.25) is 0 Å². The Balaban J connectivity index is 1.90. The molecule has 1 fully saturated rings. The Morgan fingerprint density at radius 2 is 2.14 bits per heavy atom. The van der Waals surface area contributed by atoms with Gasteiger partial charge in [0.2, 0.25) is 0 Å². The summed E-state index contributed by atoms with van der Waals surface area (Å²) in [6.07, 6.45) is 8.74. The van der Waals surface area contributed by atoms with E-state index in [9.17, 15) is 0 Å². The van der Waals surface area contributed by atoms with Gasteiger partial charge in [0.05, 0.1) is 6.26 Å². The van der Waals surface area contributed by atoms with E-state index in [1.54, 1.807) is 0 Å². The molecule has 2 unspecified atom stereocenters. The zero-order chi connectivity index (χ0) is 9.43. The summed E-state index contributed by atoms with van der Waals surface area (Å²) < 4.78 is 5.94. The minimum absolute atomic E-state index is 0.102. The third-order valence-electron chi connectivity index (χ3n) is 3.50. The van der Waals surface area contributed by atoms with Gasteiger partial charge in [0.15, 0.2) is 0 Å². The number of thioether (sulfide) groups is 1. The molecule has 3 aliphatic rings. The van der Waals surface area contributed by atoms with Gasteiger partial charge in [-0.05, 0) is 24.6 Å². The van der Waals surface area contributed by atoms with Crippen molar-refractivity contribution in [2.24, 2.45) is 5.92 Å². The van der Waals surface area contributed by atoms with E-state index >= 15 is 0 Å². The van der Waals surface area contributed by atoms with Gasteiger partial charge in [-0.25, -0.2) is 0 Å². The molecule has 3 aliphatic heterocycles. The molecule has 3 heterocycles. The van der Waals surface area contributed by atoms with E-state index in [0.717, 1.165) is 25.9 Å². The first kappa shape index (κ1) is 8.86. The van der Waals surface area contributed by atoms with Gasteiger partial charge in [0.1, 0.15) is 5.60 Å². The Kier molecular flexibility index (Phi) is 2.10. The summed E-state index contributed by atoms with van der Waals surface area (Å²) in [5.41, 5.74) is 0.102. The maximum atomic E-state index is 5.94. The standard InChI is InChI=1S/C11H15NOS/c1-7-13-11(3-5-12-6-4-11)9-2-8-14-10(1)9/h1-2,7-10,12H,3-6H2. The zero-order valence-electron chi connectivity index (χ0n) is 8.11. The smallest absolute Gasteiger partial charge is 0.118 e. The molecule has 1 spiro atoms. The molecule has 76 valence electrons. The summed E-state index contributed by atoms with van der Waals surface area (Å²) in [5, 5.41) is 6.26. The van der Waals surface area contributed by atoms with Crippen molar-refractivity contribution in [2.45, 2.75) is 23.7 Å². The Hall–Kier alpha value is -0.410. The highest BCUT2D eigenvalue weighted by Gasteiger charge is 2.46. The normalized spacial score (nSPS) is 38.3. The van der Waals surface area contributed by atoms with Crippen LogP contribution in [-0.4, -0.2) is 23.9 Å². The number of rotatable bonds is 0. The van der Waals surface area contributed by atoms with Crippen LogP contribution in [0.4, 0.5) is 0 Å². The monoisotopic (exact) mass is 209 g/mol. The van der Waals surface area contributed by atoms with Gasteiger partial charge in [0, 0.05) is 24.0 Å². The molecule has 0 aromatic carbocycles. The largest absolute Gasteiger partial charge is 0.494 e. The second kappa shape index (κ2) is 3.31. The van der Waals surface area contributed by atoms with Crippen LogP contribution in [-0.2, 0) is 4.74 Å². The van der Waals surface area contributed by atoms with Crippen molar-refractivity contribution in [2.75, 3.05) is 13.1 Å². The molecule has 0 aliphatic carbocycles. The average molecular weight is 209 g/mol. The summed E-state index contributed by atoms with van der Waals surface area (Å²) in [4.78, 5) is 0. The lowest BCUT2D eigenvalue weighted by atomic mass is 9.77. The summed E-state index contributed by atoms with van der Waals surface area (Å²) in [6, 6.07) is 0. The van der Waals surface area contributed by atoms with Crippen molar-refractivity contribution in [3.63, 3.8) is 0 Å². The SMILES string of the molecule is C1=CC2SC=CC2C2(CCNCC2)O1. The second-order valence-corrected chi connectivity index (χ2v) is 5.30. The van der Waals surface area contributed by atoms with Gasteiger partial charge in [0.25, 0.3) is 0 Å². The Morgan fingerprint density at radius 3 is 3.00 bits per heavy atom. The third kappa shape index (κ3) is 1.22. The highest BCUT2D eigenvalue weighted by Crippen LogP contribution is 2.46. The van der Waals surface area contributed by atoms with Crippen LogP contribution < -0.4 is 5.32 Å². The lowest BCUT2D eigenvalue weighted by Gasteiger charge is -2.44. The lowest BCUT2D eigenvalue weighted by Crippen LogP contribution is -2.51. The predicted octanol–water partition coefficient (Wildman–Crippen LogP) is 1.90. The van der Waals surface area contributed by atoms with Crippen molar-refractivity contribution >= 4 is 11.8 Å². The van der Waals surface area contributed by atoms with Crippen molar-refractivity contribution in [1.29, 1.82) is 0 Å². The van der Waals surface area contributed by atoms with Crippen LogP contribution in [0.3, 0.4) is 0 Å². The summed E-state index contributed by atoms with van der Waals surface area (Å²) in [6.45, 7) is 2.19. The number of piperidine rings is 1. The van der Waals surface area contributed by atoms with Crippen LogP contribution in [0.5, 0.6) is 0 Å². The number of hydrogen-bond donors (Lipinski definition) is 1. The first-order valence-corrected chi connectivity index (χ1v) is 6.22. The molecule has 0 bridgehead atoms. The number of hydrogen-bond acceptors (Lipinski definition) is 3. The van der Waals surface area contributed by atoms with Crippen molar-refractivity contribution in [1.82, 2.24) is 5.32 Å². The van der Waals surface area contributed by atoms with Gasteiger partial charge in [-0.1, -0.05) is 6.08 Å². The average Bonchev–Trinajstić information content (AvgIpc) is 2.69. The minimum atomic E-state index is 0.102. The molecule has 1 N–H and O–H groups in total. The molecule has 2 atom stereocenters. The molecule has 0 saturated carbocycles. The maximum Gasteiger partial charge on any atom is 0.118 e. The van der Waals surface area contributed by atoms with Crippen LogP contribution in [0, 0.1) is 5.92 Å².